The minimum Gasteiger partial charge on any atom is -0.408 e. The Morgan fingerprint density at radius 2 is 2.24 bits per heavy atom. The van der Waals surface area contributed by atoms with E-state index in [1.54, 1.807) is 24.3 Å². The summed E-state index contributed by atoms with van der Waals surface area (Å²) in [6.07, 6.45) is 0.169. The van der Waals surface area contributed by atoms with Crippen LogP contribution < -0.4 is 0 Å². The fraction of sp³-hybridized carbons (Fsp3) is 0.250. The number of hydrogen-bond acceptors (Lipinski definition) is 5. The maximum Gasteiger partial charge on any atom is 0.309 e. The molecule has 86 valence electrons. The van der Waals surface area contributed by atoms with E-state index < -0.39 is 5.97 Å². The first-order valence-electron chi connectivity index (χ1n) is 5.10. The van der Waals surface area contributed by atoms with E-state index in [-0.39, 0.29) is 12.0 Å². The molecule has 0 amide bonds. The second kappa shape index (κ2) is 4.66. The van der Waals surface area contributed by atoms with Crippen LogP contribution in [-0.4, -0.2) is 11.9 Å². The molecule has 1 aromatic carbocycles. The molecule has 0 bridgehead atoms. The molecule has 0 saturated heterocycles. The molecular formula is C12H10N2O3. The van der Waals surface area contributed by atoms with E-state index in [1.165, 1.54) is 6.92 Å². The van der Waals surface area contributed by atoms with Gasteiger partial charge < -0.3 is 9.57 Å². The summed E-state index contributed by atoms with van der Waals surface area (Å²) in [4.78, 5) is 15.9. The van der Waals surface area contributed by atoms with E-state index in [1.807, 2.05) is 6.07 Å². The molecule has 1 aromatic rings. The van der Waals surface area contributed by atoms with Crippen LogP contribution in [0.5, 0.6) is 0 Å². The predicted molar refractivity (Wildman–Crippen MR) is 58.8 cm³/mol. The van der Waals surface area contributed by atoms with E-state index in [0.717, 1.165) is 5.56 Å². The summed E-state index contributed by atoms with van der Waals surface area (Å²) >= 11 is 0. The third-order valence-electron chi connectivity index (χ3n) is 2.31. The van der Waals surface area contributed by atoms with Crippen molar-refractivity contribution in [1.82, 2.24) is 0 Å². The normalized spacial score (nSPS) is 17.9. The molecule has 0 N–H and O–H groups in total. The molecule has 0 radical (unpaired) electrons. The Balaban J connectivity index is 2.02. The van der Waals surface area contributed by atoms with Crippen LogP contribution in [0.4, 0.5) is 0 Å². The molecule has 17 heavy (non-hydrogen) atoms. The molecule has 5 heteroatoms. The van der Waals surface area contributed by atoms with E-state index in [2.05, 4.69) is 5.16 Å². The van der Waals surface area contributed by atoms with Crippen molar-refractivity contribution in [2.24, 2.45) is 5.16 Å². The summed E-state index contributed by atoms with van der Waals surface area (Å²) in [7, 11) is 0. The van der Waals surface area contributed by atoms with Gasteiger partial charge in [-0.15, -0.1) is 0 Å². The molecule has 1 atom stereocenters. The monoisotopic (exact) mass is 230 g/mol. The third kappa shape index (κ3) is 2.61. The Morgan fingerprint density at radius 1 is 1.53 bits per heavy atom. The van der Waals surface area contributed by atoms with E-state index in [0.29, 0.717) is 12.0 Å². The van der Waals surface area contributed by atoms with Crippen molar-refractivity contribution < 1.29 is 14.4 Å². The first kappa shape index (κ1) is 11.1. The molecule has 0 aromatic heterocycles. The van der Waals surface area contributed by atoms with E-state index in [4.69, 9.17) is 14.8 Å². The molecule has 5 nitrogen and oxygen atoms in total. The number of hydrogen-bond donors (Lipinski definition) is 0. The van der Waals surface area contributed by atoms with Crippen molar-refractivity contribution in [2.45, 2.75) is 19.4 Å². The van der Waals surface area contributed by atoms with Crippen LogP contribution in [-0.2, 0) is 14.4 Å². The van der Waals surface area contributed by atoms with Crippen LogP contribution in [0.15, 0.2) is 29.4 Å². The molecule has 0 fully saturated rings. The Kier molecular flexibility index (Phi) is 3.06. The standard InChI is InChI=1S/C12H10N2O3/c1-8(15)16-12-6-11(17-14-12)10-4-2-9(7-13)3-5-10/h2-5,11H,6H2,1H3. The van der Waals surface area contributed by atoms with Gasteiger partial charge >= 0.3 is 5.97 Å². The van der Waals surface area contributed by atoms with Gasteiger partial charge in [0.25, 0.3) is 0 Å². The first-order chi connectivity index (χ1) is 8.19. The maximum atomic E-state index is 10.7. The summed E-state index contributed by atoms with van der Waals surface area (Å²) in [5.74, 6) is -0.125. The lowest BCUT2D eigenvalue weighted by atomic mass is 10.1. The molecule has 0 aliphatic carbocycles. The van der Waals surface area contributed by atoms with Crippen molar-refractivity contribution in [3.8, 4) is 6.07 Å². The lowest BCUT2D eigenvalue weighted by Crippen LogP contribution is -2.08. The number of nitrogens with zero attached hydrogens (tertiary/aromatic N) is 2. The average Bonchev–Trinajstić information content (AvgIpc) is 2.77. The van der Waals surface area contributed by atoms with Crippen molar-refractivity contribution in [1.29, 1.82) is 5.26 Å². The summed E-state index contributed by atoms with van der Waals surface area (Å²) in [5.41, 5.74) is 1.49. The second-order valence-electron chi connectivity index (χ2n) is 3.61. The van der Waals surface area contributed by atoms with Crippen LogP contribution in [0.2, 0.25) is 0 Å². The SMILES string of the molecule is CC(=O)OC1=NOC(c2ccc(C#N)cc2)C1. The summed E-state index contributed by atoms with van der Waals surface area (Å²) in [6.45, 7) is 1.32. The number of benzene rings is 1. The zero-order valence-electron chi connectivity index (χ0n) is 9.21. The first-order valence-corrected chi connectivity index (χ1v) is 5.10. The van der Waals surface area contributed by atoms with Gasteiger partial charge in [0.15, 0.2) is 6.10 Å². The van der Waals surface area contributed by atoms with Crippen molar-refractivity contribution in [3.05, 3.63) is 35.4 Å². The number of carbonyl (C=O) groups is 1. The zero-order chi connectivity index (χ0) is 12.3. The van der Waals surface area contributed by atoms with Gasteiger partial charge in [-0.3, -0.25) is 4.79 Å². The van der Waals surface area contributed by atoms with Crippen molar-refractivity contribution >= 4 is 11.9 Å². The minimum absolute atomic E-state index is 0.253. The zero-order valence-corrected chi connectivity index (χ0v) is 9.21. The molecule has 0 saturated carbocycles. The fourth-order valence-electron chi connectivity index (χ4n) is 1.53. The van der Waals surface area contributed by atoms with Gasteiger partial charge in [0.05, 0.1) is 18.1 Å². The van der Waals surface area contributed by atoms with Crippen LogP contribution in [0.1, 0.15) is 30.6 Å². The predicted octanol–water partition coefficient (Wildman–Crippen LogP) is 1.90. The Labute approximate surface area is 98.2 Å². The van der Waals surface area contributed by atoms with Crippen LogP contribution >= 0.6 is 0 Å². The van der Waals surface area contributed by atoms with Gasteiger partial charge in [0, 0.05) is 6.92 Å². The number of nitriles is 1. The number of carbonyl (C=O) groups excluding carboxylic acids is 1. The van der Waals surface area contributed by atoms with Crippen LogP contribution in [0.3, 0.4) is 0 Å². The quantitative estimate of drug-likeness (QED) is 0.690. The second-order valence-corrected chi connectivity index (χ2v) is 3.61. The average molecular weight is 230 g/mol. The topological polar surface area (TPSA) is 71.7 Å². The van der Waals surface area contributed by atoms with Crippen molar-refractivity contribution in [3.63, 3.8) is 0 Å². The Bertz CT molecular complexity index is 499. The molecule has 0 spiro atoms. The Hall–Kier alpha value is -2.35. The maximum absolute atomic E-state index is 10.7. The van der Waals surface area contributed by atoms with E-state index in [9.17, 15) is 4.79 Å². The molecular weight excluding hydrogens is 220 g/mol. The highest BCUT2D eigenvalue weighted by Crippen LogP contribution is 2.27. The highest BCUT2D eigenvalue weighted by molar-refractivity contribution is 5.88. The van der Waals surface area contributed by atoms with Crippen LogP contribution in [0.25, 0.3) is 0 Å². The van der Waals surface area contributed by atoms with Gasteiger partial charge in [0.1, 0.15) is 0 Å². The van der Waals surface area contributed by atoms with Crippen molar-refractivity contribution in [2.75, 3.05) is 0 Å². The third-order valence-corrected chi connectivity index (χ3v) is 2.31. The molecule has 2 rings (SSSR count). The van der Waals surface area contributed by atoms with Gasteiger partial charge in [-0.05, 0) is 17.7 Å². The number of esters is 1. The number of oxime groups is 1. The Morgan fingerprint density at radius 3 is 2.82 bits per heavy atom. The largest absolute Gasteiger partial charge is 0.408 e. The summed E-state index contributed by atoms with van der Waals surface area (Å²) < 4.78 is 4.84. The van der Waals surface area contributed by atoms with E-state index >= 15 is 0 Å². The minimum atomic E-state index is -0.409. The van der Waals surface area contributed by atoms with Gasteiger partial charge in [-0.25, -0.2) is 0 Å². The number of rotatable bonds is 1. The lowest BCUT2D eigenvalue weighted by molar-refractivity contribution is -0.133. The van der Waals surface area contributed by atoms with Gasteiger partial charge in [-0.2, -0.15) is 5.26 Å². The lowest BCUT2D eigenvalue weighted by Gasteiger charge is -2.07. The molecule has 1 heterocycles. The molecule has 1 unspecified atom stereocenters. The van der Waals surface area contributed by atoms with Gasteiger partial charge in [0.2, 0.25) is 5.90 Å². The van der Waals surface area contributed by atoms with Gasteiger partial charge in [-0.1, -0.05) is 17.3 Å². The van der Waals surface area contributed by atoms with Crippen LogP contribution in [0, 0.1) is 11.3 Å². The summed E-state index contributed by atoms with van der Waals surface area (Å²) in [6, 6.07) is 9.06. The molecule has 1 aliphatic rings. The summed E-state index contributed by atoms with van der Waals surface area (Å²) in [5, 5.41) is 12.4. The highest BCUT2D eigenvalue weighted by Gasteiger charge is 2.24. The number of ether oxygens (including phenoxy) is 1. The smallest absolute Gasteiger partial charge is 0.309 e. The highest BCUT2D eigenvalue weighted by atomic mass is 16.7. The molecule has 1 aliphatic heterocycles. The fourth-order valence-corrected chi connectivity index (χ4v) is 1.53.